The highest BCUT2D eigenvalue weighted by molar-refractivity contribution is 7.92. The van der Waals surface area contributed by atoms with Gasteiger partial charge in [0.1, 0.15) is 0 Å². The number of carbonyl (C=O) groups is 1. The van der Waals surface area contributed by atoms with Gasteiger partial charge in [0.25, 0.3) is 5.91 Å². The lowest BCUT2D eigenvalue weighted by Gasteiger charge is -2.11. The van der Waals surface area contributed by atoms with Crippen molar-refractivity contribution < 1.29 is 13.2 Å². The van der Waals surface area contributed by atoms with Crippen molar-refractivity contribution in [3.05, 3.63) is 29.8 Å². The Bertz CT molecular complexity index is 531. The second-order valence-corrected chi connectivity index (χ2v) is 6.10. The molecule has 0 aliphatic heterocycles. The first-order valence-corrected chi connectivity index (χ1v) is 7.74. The number of rotatable bonds is 6. The summed E-state index contributed by atoms with van der Waals surface area (Å²) in [5.41, 5.74) is 0.921. The van der Waals surface area contributed by atoms with Gasteiger partial charge in [-0.15, -0.1) is 12.4 Å². The number of benzene rings is 1. The molecular formula is C12H20ClN3O3S. The van der Waals surface area contributed by atoms with Crippen molar-refractivity contribution in [1.82, 2.24) is 10.6 Å². The fraction of sp³-hybridized carbons (Fsp3) is 0.417. The standard InChI is InChI=1S/C12H19N3O3S.ClH/c1-9(13-2)8-14-12(16)10-4-6-11(7-5-10)15-19(3,17)18;/h4-7,9,13,15H,8H2,1-3H3,(H,14,16);1H. The summed E-state index contributed by atoms with van der Waals surface area (Å²) in [7, 11) is -1.47. The van der Waals surface area contributed by atoms with Crippen LogP contribution in [-0.2, 0) is 10.0 Å². The van der Waals surface area contributed by atoms with Crippen molar-refractivity contribution in [3.63, 3.8) is 0 Å². The van der Waals surface area contributed by atoms with Crippen molar-refractivity contribution in [2.24, 2.45) is 0 Å². The second kappa shape index (κ2) is 8.08. The van der Waals surface area contributed by atoms with Gasteiger partial charge >= 0.3 is 0 Å². The highest BCUT2D eigenvalue weighted by Gasteiger charge is 2.07. The first-order chi connectivity index (χ1) is 8.81. The van der Waals surface area contributed by atoms with Crippen LogP contribution in [0.5, 0.6) is 0 Å². The Balaban J connectivity index is 0.00000361. The topological polar surface area (TPSA) is 87.3 Å². The number of anilines is 1. The fourth-order valence-corrected chi connectivity index (χ4v) is 1.92. The zero-order chi connectivity index (χ0) is 14.5. The van der Waals surface area contributed by atoms with Crippen LogP contribution in [0.25, 0.3) is 0 Å². The van der Waals surface area contributed by atoms with E-state index in [0.29, 0.717) is 17.8 Å². The molecule has 6 nitrogen and oxygen atoms in total. The van der Waals surface area contributed by atoms with Crippen LogP contribution in [-0.4, -0.2) is 40.2 Å². The Labute approximate surface area is 125 Å². The summed E-state index contributed by atoms with van der Waals surface area (Å²) >= 11 is 0. The highest BCUT2D eigenvalue weighted by atomic mass is 35.5. The fourth-order valence-electron chi connectivity index (χ4n) is 1.35. The lowest BCUT2D eigenvalue weighted by atomic mass is 10.2. The van der Waals surface area contributed by atoms with Crippen LogP contribution in [0.2, 0.25) is 0 Å². The molecule has 0 aliphatic carbocycles. The molecule has 0 saturated carbocycles. The maximum Gasteiger partial charge on any atom is 0.251 e. The summed E-state index contributed by atoms with van der Waals surface area (Å²) in [6.45, 7) is 2.48. The largest absolute Gasteiger partial charge is 0.350 e. The first-order valence-electron chi connectivity index (χ1n) is 5.85. The Hall–Kier alpha value is -1.31. The zero-order valence-electron chi connectivity index (χ0n) is 11.6. The zero-order valence-corrected chi connectivity index (χ0v) is 13.3. The Morgan fingerprint density at radius 1 is 1.25 bits per heavy atom. The summed E-state index contributed by atoms with van der Waals surface area (Å²) < 4.78 is 24.4. The summed E-state index contributed by atoms with van der Waals surface area (Å²) in [6.07, 6.45) is 1.08. The molecular weight excluding hydrogens is 302 g/mol. The second-order valence-electron chi connectivity index (χ2n) is 4.35. The predicted octanol–water partition coefficient (Wildman–Crippen LogP) is 0.818. The molecule has 1 atom stereocenters. The molecule has 1 rings (SSSR count). The molecule has 0 aromatic heterocycles. The van der Waals surface area contributed by atoms with Gasteiger partial charge in [0.15, 0.2) is 0 Å². The average Bonchev–Trinajstić information content (AvgIpc) is 2.34. The van der Waals surface area contributed by atoms with E-state index in [4.69, 9.17) is 0 Å². The summed E-state index contributed by atoms with van der Waals surface area (Å²) in [6, 6.07) is 6.45. The summed E-state index contributed by atoms with van der Waals surface area (Å²) in [5.74, 6) is -0.187. The normalized spacial score (nSPS) is 12.2. The molecule has 0 radical (unpaired) electrons. The third kappa shape index (κ3) is 6.74. The van der Waals surface area contributed by atoms with Crippen molar-refractivity contribution >= 4 is 34.0 Å². The average molecular weight is 322 g/mol. The minimum Gasteiger partial charge on any atom is -0.350 e. The number of likely N-dealkylation sites (N-methyl/N-ethyl adjacent to an activating group) is 1. The van der Waals surface area contributed by atoms with Crippen LogP contribution in [0.3, 0.4) is 0 Å². The van der Waals surface area contributed by atoms with Gasteiger partial charge in [-0.2, -0.15) is 0 Å². The molecule has 1 aromatic carbocycles. The highest BCUT2D eigenvalue weighted by Crippen LogP contribution is 2.10. The monoisotopic (exact) mass is 321 g/mol. The number of carbonyl (C=O) groups excluding carboxylic acids is 1. The van der Waals surface area contributed by atoms with Crippen LogP contribution < -0.4 is 15.4 Å². The predicted molar refractivity (Wildman–Crippen MR) is 83.0 cm³/mol. The minimum absolute atomic E-state index is 0. The Morgan fingerprint density at radius 2 is 1.80 bits per heavy atom. The van der Waals surface area contributed by atoms with E-state index in [9.17, 15) is 13.2 Å². The van der Waals surface area contributed by atoms with E-state index < -0.39 is 10.0 Å². The van der Waals surface area contributed by atoms with Crippen LogP contribution in [0, 0.1) is 0 Å². The molecule has 20 heavy (non-hydrogen) atoms. The van der Waals surface area contributed by atoms with Gasteiger partial charge in [0.05, 0.1) is 6.26 Å². The number of nitrogens with one attached hydrogen (secondary N) is 3. The number of hydrogen-bond acceptors (Lipinski definition) is 4. The number of halogens is 1. The van der Waals surface area contributed by atoms with Gasteiger partial charge in [0.2, 0.25) is 10.0 Å². The van der Waals surface area contributed by atoms with E-state index in [0.717, 1.165) is 6.26 Å². The van der Waals surface area contributed by atoms with Crippen LogP contribution in [0.4, 0.5) is 5.69 Å². The van der Waals surface area contributed by atoms with E-state index in [1.165, 1.54) is 0 Å². The maximum atomic E-state index is 11.8. The maximum absolute atomic E-state index is 11.8. The Kier molecular flexibility index (Phi) is 7.55. The molecule has 0 heterocycles. The SMILES string of the molecule is CNC(C)CNC(=O)c1ccc(NS(C)(=O)=O)cc1.Cl. The molecule has 3 N–H and O–H groups in total. The van der Waals surface area contributed by atoms with Crippen LogP contribution in [0.15, 0.2) is 24.3 Å². The molecule has 0 saturated heterocycles. The Morgan fingerprint density at radius 3 is 2.25 bits per heavy atom. The van der Waals surface area contributed by atoms with Crippen LogP contribution in [0.1, 0.15) is 17.3 Å². The molecule has 0 bridgehead atoms. The minimum atomic E-state index is -3.29. The van der Waals surface area contributed by atoms with E-state index in [1.807, 2.05) is 14.0 Å². The summed E-state index contributed by atoms with van der Waals surface area (Å²) in [4.78, 5) is 11.8. The van der Waals surface area contributed by atoms with Crippen molar-refractivity contribution in [1.29, 1.82) is 0 Å². The lowest BCUT2D eigenvalue weighted by Crippen LogP contribution is -2.37. The van der Waals surface area contributed by atoms with Gasteiger partial charge in [0, 0.05) is 23.8 Å². The third-order valence-electron chi connectivity index (χ3n) is 2.51. The van der Waals surface area contributed by atoms with Gasteiger partial charge in [-0.3, -0.25) is 9.52 Å². The van der Waals surface area contributed by atoms with Crippen molar-refractivity contribution in [3.8, 4) is 0 Å². The summed E-state index contributed by atoms with van der Waals surface area (Å²) in [5, 5.41) is 5.79. The quantitative estimate of drug-likeness (QED) is 0.724. The van der Waals surface area contributed by atoms with Crippen LogP contribution >= 0.6 is 12.4 Å². The molecule has 1 unspecified atom stereocenters. The molecule has 8 heteroatoms. The van der Waals surface area contributed by atoms with E-state index in [1.54, 1.807) is 24.3 Å². The van der Waals surface area contributed by atoms with Gasteiger partial charge in [-0.05, 0) is 38.2 Å². The smallest absolute Gasteiger partial charge is 0.251 e. The third-order valence-corrected chi connectivity index (χ3v) is 3.12. The molecule has 114 valence electrons. The molecule has 0 aliphatic rings. The van der Waals surface area contributed by atoms with Gasteiger partial charge < -0.3 is 10.6 Å². The van der Waals surface area contributed by atoms with Gasteiger partial charge in [-0.25, -0.2) is 8.42 Å². The molecule has 1 amide bonds. The first kappa shape index (κ1) is 18.7. The number of amides is 1. The van der Waals surface area contributed by atoms with Gasteiger partial charge in [-0.1, -0.05) is 0 Å². The molecule has 0 spiro atoms. The number of hydrogen-bond donors (Lipinski definition) is 3. The number of sulfonamides is 1. The van der Waals surface area contributed by atoms with E-state index in [2.05, 4.69) is 15.4 Å². The van der Waals surface area contributed by atoms with Crippen molar-refractivity contribution in [2.75, 3.05) is 24.6 Å². The van der Waals surface area contributed by atoms with E-state index in [-0.39, 0.29) is 24.4 Å². The van der Waals surface area contributed by atoms with E-state index >= 15 is 0 Å². The molecule has 0 fully saturated rings. The molecule has 1 aromatic rings. The van der Waals surface area contributed by atoms with Crippen molar-refractivity contribution in [2.45, 2.75) is 13.0 Å². The lowest BCUT2D eigenvalue weighted by molar-refractivity contribution is 0.0950.